The first kappa shape index (κ1) is 39.5. The van der Waals surface area contributed by atoms with Crippen LogP contribution in [0.25, 0.3) is 0 Å². The standard InChI is InChI=1S/C27H27FO6S.C18H17FO2/c1-17-7-11-23(12-8-17)35(31,32)33-16-22(30)15-26-24-6-4-3-5-19(24)13-20-9-10-21(28)14-25(20)27(26)34-18(2)29;19-13-6-5-12-7-11-3-1-2-4-15(11)17-9-14(20)10-21-18(17)16(12)8-13/h3-12,14,22,26-27,30H,13,15-16H2,1-2H3;1-6,8,14,17-18,20H,7,9-10H2/t22-,26-,27+;14-,17-,18+/m11/s1. The Morgan fingerprint density at radius 3 is 2.04 bits per heavy atom. The Bertz CT molecular complexity index is 2310. The van der Waals surface area contributed by atoms with Gasteiger partial charge in [-0.15, -0.1) is 0 Å². The molecule has 1 saturated heterocycles. The monoisotopic (exact) mass is 782 g/mol. The van der Waals surface area contributed by atoms with Crippen molar-refractivity contribution in [2.24, 2.45) is 0 Å². The zero-order chi connectivity index (χ0) is 39.6. The van der Waals surface area contributed by atoms with Crippen molar-refractivity contribution in [3.63, 3.8) is 0 Å². The molecule has 0 spiro atoms. The number of halogens is 2. The van der Waals surface area contributed by atoms with E-state index in [2.05, 4.69) is 12.1 Å². The number of carbonyl (C=O) groups excluding carboxylic acids is 1. The quantitative estimate of drug-likeness (QED) is 0.126. The number of benzene rings is 5. The summed E-state index contributed by atoms with van der Waals surface area (Å²) in [4.78, 5) is 12.0. The molecule has 3 aliphatic rings. The van der Waals surface area contributed by atoms with E-state index in [0.717, 1.165) is 39.8 Å². The fourth-order valence-electron chi connectivity index (χ4n) is 8.18. The summed E-state index contributed by atoms with van der Waals surface area (Å²) in [6, 6.07) is 31.4. The highest BCUT2D eigenvalue weighted by Gasteiger charge is 2.38. The first-order valence-corrected chi connectivity index (χ1v) is 20.1. The smallest absolute Gasteiger partial charge is 0.303 e. The van der Waals surface area contributed by atoms with Crippen LogP contribution >= 0.6 is 0 Å². The van der Waals surface area contributed by atoms with Crippen LogP contribution in [-0.2, 0) is 41.4 Å². The van der Waals surface area contributed by atoms with Crippen molar-refractivity contribution in [3.8, 4) is 0 Å². The normalized spacial score (nSPS) is 21.6. The first-order valence-electron chi connectivity index (χ1n) is 18.7. The summed E-state index contributed by atoms with van der Waals surface area (Å²) in [6.07, 6.45) is -0.664. The third-order valence-electron chi connectivity index (χ3n) is 10.8. The molecular formula is C45H44F2O8S. The summed E-state index contributed by atoms with van der Waals surface area (Å²) >= 11 is 0. The molecule has 0 radical (unpaired) electrons. The number of aliphatic hydroxyl groups is 2. The second-order valence-electron chi connectivity index (χ2n) is 14.8. The van der Waals surface area contributed by atoms with Crippen LogP contribution in [0.15, 0.2) is 114 Å². The SMILES string of the molecule is CC(=O)O[C@H]1c2cc(F)ccc2Cc2ccccc2[C@H]1C[C@@H](O)COS(=O)(=O)c1ccc(C)cc1.O[C@H]1CO[C@H]2c3cc(F)ccc3Cc3ccccc3[C@H]2C1. The minimum Gasteiger partial charge on any atom is -0.457 e. The predicted molar refractivity (Wildman–Crippen MR) is 206 cm³/mol. The second kappa shape index (κ2) is 16.8. The molecule has 0 aromatic heterocycles. The van der Waals surface area contributed by atoms with Gasteiger partial charge in [-0.05, 0) is 114 Å². The maximum absolute atomic E-state index is 14.2. The molecule has 0 unspecified atom stereocenters. The minimum absolute atomic E-state index is 0.00250. The first-order chi connectivity index (χ1) is 26.9. The molecule has 5 aromatic rings. The molecule has 0 saturated carbocycles. The van der Waals surface area contributed by atoms with Gasteiger partial charge in [0.2, 0.25) is 0 Å². The van der Waals surface area contributed by atoms with Crippen LogP contribution in [0.5, 0.6) is 0 Å². The molecule has 11 heteroatoms. The van der Waals surface area contributed by atoms with Crippen LogP contribution in [0, 0.1) is 18.6 Å². The summed E-state index contributed by atoms with van der Waals surface area (Å²) in [5, 5.41) is 20.8. The number of aliphatic hydroxyl groups excluding tert-OH is 2. The fourth-order valence-corrected chi connectivity index (χ4v) is 9.12. The summed E-state index contributed by atoms with van der Waals surface area (Å²) in [5.41, 5.74) is 8.58. The molecule has 56 heavy (non-hydrogen) atoms. The predicted octanol–water partition coefficient (Wildman–Crippen LogP) is 7.92. The number of rotatable bonds is 7. The highest BCUT2D eigenvalue weighted by atomic mass is 32.2. The molecule has 2 N–H and O–H groups in total. The Kier molecular flexibility index (Phi) is 11.8. The van der Waals surface area contributed by atoms with E-state index < -0.39 is 52.7 Å². The largest absolute Gasteiger partial charge is 0.457 e. The molecule has 5 aromatic carbocycles. The Labute approximate surface area is 325 Å². The second-order valence-corrected chi connectivity index (χ2v) is 16.4. The zero-order valence-corrected chi connectivity index (χ0v) is 31.9. The van der Waals surface area contributed by atoms with Crippen LogP contribution in [0.3, 0.4) is 0 Å². The van der Waals surface area contributed by atoms with E-state index in [1.807, 2.05) is 49.4 Å². The lowest BCUT2D eigenvalue weighted by Crippen LogP contribution is -2.31. The van der Waals surface area contributed by atoms with Gasteiger partial charge in [0, 0.05) is 18.8 Å². The van der Waals surface area contributed by atoms with Gasteiger partial charge >= 0.3 is 5.97 Å². The molecule has 8 rings (SSSR count). The van der Waals surface area contributed by atoms with Crippen molar-refractivity contribution in [3.05, 3.63) is 171 Å². The van der Waals surface area contributed by atoms with Crippen molar-refractivity contribution in [1.82, 2.24) is 0 Å². The number of aryl methyl sites for hydroxylation is 1. The average Bonchev–Trinajstić information content (AvgIpc) is 3.38. The number of esters is 1. The van der Waals surface area contributed by atoms with Gasteiger partial charge in [0.15, 0.2) is 0 Å². The van der Waals surface area contributed by atoms with Crippen LogP contribution in [0.4, 0.5) is 8.78 Å². The fraction of sp³-hybridized carbons (Fsp3) is 0.311. The average molecular weight is 783 g/mol. The third kappa shape index (κ3) is 8.77. The zero-order valence-electron chi connectivity index (χ0n) is 31.1. The van der Waals surface area contributed by atoms with Gasteiger partial charge < -0.3 is 19.7 Å². The molecule has 292 valence electrons. The molecule has 1 fully saturated rings. The Hall–Kier alpha value is -4.78. The lowest BCUT2D eigenvalue weighted by Gasteiger charge is -2.35. The van der Waals surface area contributed by atoms with Crippen molar-refractivity contribution in [1.29, 1.82) is 0 Å². The van der Waals surface area contributed by atoms with Gasteiger partial charge in [0.25, 0.3) is 10.1 Å². The molecule has 6 atom stereocenters. The van der Waals surface area contributed by atoms with E-state index in [1.54, 1.807) is 24.3 Å². The van der Waals surface area contributed by atoms with E-state index in [9.17, 15) is 32.2 Å². The molecule has 1 aliphatic heterocycles. The maximum atomic E-state index is 14.2. The Morgan fingerprint density at radius 1 is 0.804 bits per heavy atom. The Morgan fingerprint density at radius 2 is 1.38 bits per heavy atom. The van der Waals surface area contributed by atoms with E-state index in [0.29, 0.717) is 25.0 Å². The molecule has 8 nitrogen and oxygen atoms in total. The summed E-state index contributed by atoms with van der Waals surface area (Å²) < 4.78 is 69.7. The summed E-state index contributed by atoms with van der Waals surface area (Å²) in [5.74, 6) is -1.68. The van der Waals surface area contributed by atoms with Gasteiger partial charge in [0.1, 0.15) is 17.7 Å². The molecular weight excluding hydrogens is 739 g/mol. The van der Waals surface area contributed by atoms with Gasteiger partial charge in [-0.1, -0.05) is 78.4 Å². The third-order valence-corrected chi connectivity index (χ3v) is 12.1. The summed E-state index contributed by atoms with van der Waals surface area (Å²) in [6.45, 7) is 2.96. The van der Waals surface area contributed by atoms with Crippen LogP contribution in [0.1, 0.15) is 93.9 Å². The minimum atomic E-state index is -4.06. The van der Waals surface area contributed by atoms with Gasteiger partial charge in [-0.3, -0.25) is 8.98 Å². The topological polar surface area (TPSA) is 119 Å². The summed E-state index contributed by atoms with van der Waals surface area (Å²) in [7, 11) is -4.06. The number of hydrogen-bond donors (Lipinski definition) is 2. The van der Waals surface area contributed by atoms with Crippen molar-refractivity contribution < 1.29 is 45.9 Å². The number of hydrogen-bond acceptors (Lipinski definition) is 8. The maximum Gasteiger partial charge on any atom is 0.303 e. The van der Waals surface area contributed by atoms with E-state index in [1.165, 1.54) is 48.4 Å². The molecule has 1 heterocycles. The molecule has 2 aliphatic carbocycles. The lowest BCUT2D eigenvalue weighted by atomic mass is 9.83. The lowest BCUT2D eigenvalue weighted by molar-refractivity contribution is -0.148. The van der Waals surface area contributed by atoms with Gasteiger partial charge in [-0.25, -0.2) is 8.78 Å². The highest BCUT2D eigenvalue weighted by Crippen LogP contribution is 2.47. The molecule has 0 amide bonds. The number of carbonyl (C=O) groups is 1. The van der Waals surface area contributed by atoms with Crippen LogP contribution < -0.4 is 0 Å². The van der Waals surface area contributed by atoms with Crippen LogP contribution in [0.2, 0.25) is 0 Å². The van der Waals surface area contributed by atoms with Gasteiger partial charge in [-0.2, -0.15) is 8.42 Å². The van der Waals surface area contributed by atoms with Crippen molar-refractivity contribution in [2.75, 3.05) is 13.2 Å². The van der Waals surface area contributed by atoms with E-state index >= 15 is 0 Å². The van der Waals surface area contributed by atoms with E-state index in [-0.39, 0.29) is 29.2 Å². The number of fused-ring (bicyclic) bond motifs is 7. The van der Waals surface area contributed by atoms with Gasteiger partial charge in [0.05, 0.1) is 36.4 Å². The van der Waals surface area contributed by atoms with Crippen molar-refractivity contribution in [2.45, 2.75) is 80.7 Å². The van der Waals surface area contributed by atoms with E-state index in [4.69, 9.17) is 13.7 Å². The number of ether oxygens (including phenoxy) is 2. The van der Waals surface area contributed by atoms with Crippen molar-refractivity contribution >= 4 is 16.1 Å². The Balaban J connectivity index is 0.000000193. The molecule has 0 bridgehead atoms. The highest BCUT2D eigenvalue weighted by molar-refractivity contribution is 7.86. The van der Waals surface area contributed by atoms with Crippen LogP contribution in [-0.4, -0.2) is 50.0 Å².